The van der Waals surface area contributed by atoms with Crippen LogP contribution in [0.15, 0.2) is 24.3 Å². The highest BCUT2D eigenvalue weighted by Crippen LogP contribution is 2.12. The van der Waals surface area contributed by atoms with Crippen LogP contribution in [0.4, 0.5) is 5.69 Å². The summed E-state index contributed by atoms with van der Waals surface area (Å²) in [5.41, 5.74) is 6.10. The molecule has 1 rings (SSSR count). The predicted octanol–water partition coefficient (Wildman–Crippen LogP) is 0.602. The fourth-order valence-corrected chi connectivity index (χ4v) is 1.41. The van der Waals surface area contributed by atoms with Gasteiger partial charge < -0.3 is 11.1 Å². The van der Waals surface area contributed by atoms with Crippen molar-refractivity contribution in [2.45, 2.75) is 12.8 Å². The smallest absolute Gasteiger partial charge is 0.269 e. The van der Waals surface area contributed by atoms with E-state index < -0.39 is 4.92 Å². The van der Waals surface area contributed by atoms with Gasteiger partial charge in [-0.25, -0.2) is 0 Å². The first-order chi connectivity index (χ1) is 8.09. The van der Waals surface area contributed by atoms with Crippen LogP contribution in [-0.4, -0.2) is 23.9 Å². The molecule has 1 aromatic carbocycles. The van der Waals surface area contributed by atoms with Gasteiger partial charge in [0.15, 0.2) is 0 Å². The van der Waals surface area contributed by atoms with E-state index in [0.717, 1.165) is 18.4 Å². The van der Waals surface area contributed by atoms with Gasteiger partial charge in [-0.3, -0.25) is 14.9 Å². The van der Waals surface area contributed by atoms with E-state index in [1.54, 1.807) is 12.1 Å². The Morgan fingerprint density at radius 1 is 1.35 bits per heavy atom. The Hall–Kier alpha value is -1.95. The molecule has 0 radical (unpaired) electrons. The number of hydrogen-bond acceptors (Lipinski definition) is 4. The number of hydrogen-bond donors (Lipinski definition) is 2. The lowest BCUT2D eigenvalue weighted by atomic mass is 10.1. The second-order valence-electron chi connectivity index (χ2n) is 3.67. The molecule has 0 aliphatic rings. The van der Waals surface area contributed by atoms with Crippen LogP contribution in [0.25, 0.3) is 0 Å². The first kappa shape index (κ1) is 13.1. The Bertz CT molecular complexity index is 389. The second-order valence-corrected chi connectivity index (χ2v) is 3.67. The molecule has 6 heteroatoms. The number of aryl methyl sites for hydroxylation is 1. The molecule has 0 bridgehead atoms. The summed E-state index contributed by atoms with van der Waals surface area (Å²) in [5.74, 6) is -0.375. The van der Waals surface area contributed by atoms with Crippen LogP contribution in [0.5, 0.6) is 0 Å². The molecule has 0 saturated heterocycles. The summed E-state index contributed by atoms with van der Waals surface area (Å²) in [4.78, 5) is 20.4. The van der Waals surface area contributed by atoms with Crippen LogP contribution >= 0.6 is 0 Å². The highest BCUT2D eigenvalue weighted by atomic mass is 16.6. The molecule has 1 amide bonds. The summed E-state index contributed by atoms with van der Waals surface area (Å²) in [7, 11) is 0. The lowest BCUT2D eigenvalue weighted by Crippen LogP contribution is -2.29. The van der Waals surface area contributed by atoms with Crippen LogP contribution in [0.2, 0.25) is 0 Å². The molecular formula is C11H15N3O3. The molecule has 0 spiro atoms. The number of nitrogens with zero attached hydrogens (tertiary/aromatic N) is 1. The van der Waals surface area contributed by atoms with Gasteiger partial charge in [-0.1, -0.05) is 12.1 Å². The van der Waals surface area contributed by atoms with E-state index in [1.807, 2.05) is 0 Å². The SMILES string of the molecule is NC(=O)CNCCCc1ccc([N+](=O)[O-])cc1. The van der Waals surface area contributed by atoms with Gasteiger partial charge in [0, 0.05) is 12.1 Å². The lowest BCUT2D eigenvalue weighted by Gasteiger charge is -2.02. The molecule has 17 heavy (non-hydrogen) atoms. The number of primary amides is 1. The Labute approximate surface area is 99.0 Å². The number of nitro benzene ring substituents is 1. The molecule has 0 saturated carbocycles. The number of nitro groups is 1. The molecule has 3 N–H and O–H groups in total. The average Bonchev–Trinajstić information content (AvgIpc) is 2.29. The fourth-order valence-electron chi connectivity index (χ4n) is 1.41. The van der Waals surface area contributed by atoms with Gasteiger partial charge in [-0.15, -0.1) is 0 Å². The Morgan fingerprint density at radius 2 is 2.00 bits per heavy atom. The number of non-ortho nitro benzene ring substituents is 1. The van der Waals surface area contributed by atoms with Crippen molar-refractivity contribution in [3.8, 4) is 0 Å². The van der Waals surface area contributed by atoms with E-state index in [2.05, 4.69) is 5.32 Å². The summed E-state index contributed by atoms with van der Waals surface area (Å²) >= 11 is 0. The fraction of sp³-hybridized carbons (Fsp3) is 0.364. The van der Waals surface area contributed by atoms with E-state index in [0.29, 0.717) is 6.54 Å². The maximum absolute atomic E-state index is 10.4. The minimum absolute atomic E-state index is 0.0978. The molecule has 0 aliphatic heterocycles. The summed E-state index contributed by atoms with van der Waals surface area (Å²) in [5, 5.41) is 13.3. The van der Waals surface area contributed by atoms with Crippen molar-refractivity contribution in [3.05, 3.63) is 39.9 Å². The zero-order valence-electron chi connectivity index (χ0n) is 9.39. The predicted molar refractivity (Wildman–Crippen MR) is 63.5 cm³/mol. The van der Waals surface area contributed by atoms with Crippen LogP contribution in [-0.2, 0) is 11.2 Å². The van der Waals surface area contributed by atoms with E-state index >= 15 is 0 Å². The third-order valence-electron chi connectivity index (χ3n) is 2.27. The molecule has 0 fully saturated rings. The van der Waals surface area contributed by atoms with Gasteiger partial charge in [0.1, 0.15) is 0 Å². The zero-order chi connectivity index (χ0) is 12.7. The minimum Gasteiger partial charge on any atom is -0.369 e. The topological polar surface area (TPSA) is 98.3 Å². The molecule has 0 atom stereocenters. The minimum atomic E-state index is -0.418. The number of nitrogens with two attached hydrogens (primary N) is 1. The van der Waals surface area contributed by atoms with Crippen LogP contribution in [0, 0.1) is 10.1 Å². The Kier molecular flexibility index (Phi) is 5.09. The number of carbonyl (C=O) groups is 1. The monoisotopic (exact) mass is 237 g/mol. The maximum atomic E-state index is 10.4. The number of carbonyl (C=O) groups excluding carboxylic acids is 1. The first-order valence-electron chi connectivity index (χ1n) is 5.32. The molecule has 92 valence electrons. The third-order valence-corrected chi connectivity index (χ3v) is 2.27. The number of amides is 1. The maximum Gasteiger partial charge on any atom is 0.269 e. The Balaban J connectivity index is 2.27. The highest BCUT2D eigenvalue weighted by Gasteiger charge is 2.03. The summed E-state index contributed by atoms with van der Waals surface area (Å²) < 4.78 is 0. The van der Waals surface area contributed by atoms with Crippen molar-refractivity contribution in [1.29, 1.82) is 0 Å². The van der Waals surface area contributed by atoms with E-state index in [4.69, 9.17) is 5.73 Å². The van der Waals surface area contributed by atoms with Crippen LogP contribution in [0.1, 0.15) is 12.0 Å². The van der Waals surface area contributed by atoms with E-state index in [1.165, 1.54) is 12.1 Å². The largest absolute Gasteiger partial charge is 0.369 e. The van der Waals surface area contributed by atoms with Gasteiger partial charge in [0.05, 0.1) is 11.5 Å². The van der Waals surface area contributed by atoms with Crippen LogP contribution in [0.3, 0.4) is 0 Å². The average molecular weight is 237 g/mol. The number of benzene rings is 1. The zero-order valence-corrected chi connectivity index (χ0v) is 9.39. The number of nitrogens with one attached hydrogen (secondary N) is 1. The van der Waals surface area contributed by atoms with Gasteiger partial charge in [-0.2, -0.15) is 0 Å². The normalized spacial score (nSPS) is 10.1. The van der Waals surface area contributed by atoms with Crippen molar-refractivity contribution < 1.29 is 9.72 Å². The van der Waals surface area contributed by atoms with Crippen molar-refractivity contribution in [2.75, 3.05) is 13.1 Å². The molecular weight excluding hydrogens is 222 g/mol. The van der Waals surface area contributed by atoms with Crippen LogP contribution < -0.4 is 11.1 Å². The van der Waals surface area contributed by atoms with Gasteiger partial charge in [0.2, 0.25) is 5.91 Å². The summed E-state index contributed by atoms with van der Waals surface area (Å²) in [6.07, 6.45) is 1.66. The molecule has 0 unspecified atom stereocenters. The van der Waals surface area contributed by atoms with Gasteiger partial charge in [-0.05, 0) is 24.9 Å². The Morgan fingerprint density at radius 3 is 2.53 bits per heavy atom. The van der Waals surface area contributed by atoms with Crippen molar-refractivity contribution >= 4 is 11.6 Å². The quantitative estimate of drug-likeness (QED) is 0.412. The molecule has 1 aromatic rings. The first-order valence-corrected chi connectivity index (χ1v) is 5.32. The lowest BCUT2D eigenvalue weighted by molar-refractivity contribution is -0.384. The standard InChI is InChI=1S/C11H15N3O3/c12-11(15)8-13-7-1-2-9-3-5-10(6-4-9)14(16)17/h3-6,13H,1-2,7-8H2,(H2,12,15). The number of rotatable bonds is 7. The molecule has 0 heterocycles. The third kappa shape index (κ3) is 5.07. The molecule has 6 nitrogen and oxygen atoms in total. The van der Waals surface area contributed by atoms with Crippen molar-refractivity contribution in [3.63, 3.8) is 0 Å². The van der Waals surface area contributed by atoms with Gasteiger partial charge in [0.25, 0.3) is 5.69 Å². The van der Waals surface area contributed by atoms with Crippen molar-refractivity contribution in [2.24, 2.45) is 5.73 Å². The van der Waals surface area contributed by atoms with E-state index in [-0.39, 0.29) is 18.1 Å². The summed E-state index contributed by atoms with van der Waals surface area (Å²) in [6.45, 7) is 0.875. The van der Waals surface area contributed by atoms with Crippen molar-refractivity contribution in [1.82, 2.24) is 5.32 Å². The van der Waals surface area contributed by atoms with Gasteiger partial charge >= 0.3 is 0 Å². The highest BCUT2D eigenvalue weighted by molar-refractivity contribution is 5.75. The molecule has 0 aromatic heterocycles. The molecule has 0 aliphatic carbocycles. The second kappa shape index (κ2) is 6.59. The van der Waals surface area contributed by atoms with E-state index in [9.17, 15) is 14.9 Å². The summed E-state index contributed by atoms with van der Waals surface area (Å²) in [6, 6.07) is 6.47.